The summed E-state index contributed by atoms with van der Waals surface area (Å²) in [6.45, 7) is 0. The van der Waals surface area contributed by atoms with E-state index >= 15 is 0 Å². The van der Waals surface area contributed by atoms with E-state index in [0.29, 0.717) is 6.07 Å². The summed E-state index contributed by atoms with van der Waals surface area (Å²) >= 11 is 5.34. The number of halogens is 8. The van der Waals surface area contributed by atoms with Crippen LogP contribution in [-0.2, 0) is 0 Å². The molecule has 0 bridgehead atoms. The van der Waals surface area contributed by atoms with E-state index in [9.17, 15) is 26.3 Å². The van der Waals surface area contributed by atoms with E-state index in [2.05, 4.69) is 0 Å². The normalized spacial score (nSPS) is 14.0. The van der Waals surface area contributed by atoms with Gasteiger partial charge in [0.2, 0.25) is 0 Å². The maximum absolute atomic E-state index is 12.9. The van der Waals surface area contributed by atoms with Crippen molar-refractivity contribution in [2.75, 3.05) is 0 Å². The molecule has 0 aliphatic carbocycles. The fraction of sp³-hybridized carbons (Fsp3) is 0.333. The minimum Gasteiger partial charge on any atom is -0.319 e. The van der Waals surface area contributed by atoms with Gasteiger partial charge in [0.1, 0.15) is 11.9 Å². The van der Waals surface area contributed by atoms with E-state index in [1.165, 1.54) is 0 Å². The van der Waals surface area contributed by atoms with Crippen molar-refractivity contribution < 1.29 is 26.3 Å². The van der Waals surface area contributed by atoms with Crippen LogP contribution in [0.2, 0.25) is 5.02 Å². The summed E-state index contributed by atoms with van der Waals surface area (Å²) in [4.78, 5) is 0. The van der Waals surface area contributed by atoms with Crippen molar-refractivity contribution in [3.05, 3.63) is 34.6 Å². The van der Waals surface area contributed by atoms with Crippen molar-refractivity contribution in [2.45, 2.75) is 18.1 Å². The zero-order chi connectivity index (χ0) is 13.4. The van der Waals surface area contributed by atoms with Gasteiger partial charge in [0.15, 0.2) is 0 Å². The maximum atomic E-state index is 12.9. The predicted octanol–water partition coefficient (Wildman–Crippen LogP) is 4.10. The fourth-order valence-corrected chi connectivity index (χ4v) is 1.37. The zero-order valence-corrected chi connectivity index (χ0v) is 10.0. The van der Waals surface area contributed by atoms with Crippen LogP contribution in [0.3, 0.4) is 0 Å². The van der Waals surface area contributed by atoms with Crippen molar-refractivity contribution in [3.8, 4) is 0 Å². The van der Waals surface area contributed by atoms with Gasteiger partial charge in [0.05, 0.1) is 0 Å². The molecule has 104 valence electrons. The first-order chi connectivity index (χ1) is 7.55. The Kier molecular flexibility index (Phi) is 5.34. The van der Waals surface area contributed by atoms with Crippen molar-refractivity contribution >= 4 is 24.0 Å². The van der Waals surface area contributed by atoms with Gasteiger partial charge in [0.25, 0.3) is 0 Å². The van der Waals surface area contributed by atoms with Gasteiger partial charge in [-0.05, 0) is 23.8 Å². The van der Waals surface area contributed by atoms with Gasteiger partial charge >= 0.3 is 12.1 Å². The van der Waals surface area contributed by atoms with Crippen LogP contribution < -0.4 is 5.73 Å². The summed E-state index contributed by atoms with van der Waals surface area (Å²) in [5, 5.41) is -0.312. The molecule has 0 saturated heterocycles. The minimum absolute atomic E-state index is 0. The van der Waals surface area contributed by atoms with Crippen LogP contribution in [0.5, 0.6) is 0 Å². The predicted molar refractivity (Wildman–Crippen MR) is 56.6 cm³/mol. The lowest BCUT2D eigenvalue weighted by molar-refractivity contribution is -0.291. The van der Waals surface area contributed by atoms with Gasteiger partial charge in [-0.25, -0.2) is 4.39 Å². The molecule has 0 aromatic heterocycles. The molecule has 1 rings (SSSR count). The van der Waals surface area contributed by atoms with Gasteiger partial charge in [-0.3, -0.25) is 0 Å². The minimum atomic E-state index is -5.81. The zero-order valence-electron chi connectivity index (χ0n) is 8.44. The Bertz CT molecular complexity index is 400. The highest BCUT2D eigenvalue weighted by molar-refractivity contribution is 6.30. The molecule has 1 atom stereocenters. The van der Waals surface area contributed by atoms with E-state index in [1.807, 2.05) is 0 Å². The first-order valence-electron chi connectivity index (χ1n) is 4.22. The lowest BCUT2D eigenvalue weighted by atomic mass is 10.0. The SMILES string of the molecule is Cl.N[C@@H](c1cc(F)cc(Cl)c1)C(F)(F)C(F)(F)F. The number of nitrogens with two attached hydrogens (primary N) is 1. The lowest BCUT2D eigenvalue weighted by Gasteiger charge is -2.26. The molecule has 1 aromatic rings. The van der Waals surface area contributed by atoms with E-state index < -0.39 is 29.5 Å². The van der Waals surface area contributed by atoms with Gasteiger partial charge in [-0.15, -0.1) is 12.4 Å². The quantitative estimate of drug-likeness (QED) is 0.817. The standard InChI is InChI=1S/C9H6ClF6N.ClH/c10-5-1-4(2-6(11)3-5)7(17)8(12,13)9(14,15)16;/h1-3,7H,17H2;1H/t7-;/m0./s1. The Morgan fingerprint density at radius 3 is 1.94 bits per heavy atom. The fourth-order valence-electron chi connectivity index (χ4n) is 1.14. The molecule has 9 heteroatoms. The Morgan fingerprint density at radius 2 is 1.56 bits per heavy atom. The molecule has 0 aliphatic heterocycles. The first kappa shape index (κ1) is 17.3. The first-order valence-corrected chi connectivity index (χ1v) is 4.59. The number of alkyl halides is 5. The van der Waals surface area contributed by atoms with E-state index in [-0.39, 0.29) is 17.4 Å². The van der Waals surface area contributed by atoms with Crippen molar-refractivity contribution in [2.24, 2.45) is 5.73 Å². The van der Waals surface area contributed by atoms with E-state index in [0.717, 1.165) is 12.1 Å². The Morgan fingerprint density at radius 1 is 1.06 bits per heavy atom. The largest absolute Gasteiger partial charge is 0.455 e. The molecule has 18 heavy (non-hydrogen) atoms. The third-order valence-corrected chi connectivity index (χ3v) is 2.23. The Hall–Kier alpha value is -0.660. The monoisotopic (exact) mass is 313 g/mol. The average molecular weight is 314 g/mol. The second-order valence-corrected chi connectivity index (χ2v) is 3.74. The topological polar surface area (TPSA) is 26.0 Å². The van der Waals surface area contributed by atoms with Crippen LogP contribution in [0.1, 0.15) is 11.6 Å². The molecule has 0 fully saturated rings. The van der Waals surface area contributed by atoms with E-state index in [4.69, 9.17) is 17.3 Å². The number of rotatable bonds is 2. The lowest BCUT2D eigenvalue weighted by Crippen LogP contribution is -2.45. The second kappa shape index (κ2) is 5.54. The summed E-state index contributed by atoms with van der Waals surface area (Å²) in [5.41, 5.74) is 4.08. The number of hydrogen-bond donors (Lipinski definition) is 1. The van der Waals surface area contributed by atoms with Gasteiger partial charge < -0.3 is 5.73 Å². The van der Waals surface area contributed by atoms with Crippen LogP contribution in [0, 0.1) is 5.82 Å². The second-order valence-electron chi connectivity index (χ2n) is 3.30. The highest BCUT2D eigenvalue weighted by Crippen LogP contribution is 2.43. The Balaban J connectivity index is 0.00000289. The average Bonchev–Trinajstić information content (AvgIpc) is 2.13. The maximum Gasteiger partial charge on any atom is 0.455 e. The highest BCUT2D eigenvalue weighted by Gasteiger charge is 2.61. The smallest absolute Gasteiger partial charge is 0.319 e. The van der Waals surface area contributed by atoms with Crippen LogP contribution in [0.15, 0.2) is 18.2 Å². The number of hydrogen-bond acceptors (Lipinski definition) is 1. The summed E-state index contributed by atoms with van der Waals surface area (Å²) in [6, 6.07) is -0.704. The highest BCUT2D eigenvalue weighted by atomic mass is 35.5. The van der Waals surface area contributed by atoms with Crippen LogP contribution in [0.25, 0.3) is 0 Å². The van der Waals surface area contributed by atoms with Crippen LogP contribution in [0.4, 0.5) is 26.3 Å². The van der Waals surface area contributed by atoms with E-state index in [1.54, 1.807) is 0 Å². The molecule has 0 aliphatic rings. The molecule has 0 unspecified atom stereocenters. The third-order valence-electron chi connectivity index (χ3n) is 2.01. The molecule has 2 N–H and O–H groups in total. The van der Waals surface area contributed by atoms with Crippen molar-refractivity contribution in [3.63, 3.8) is 0 Å². The Labute approximate surface area is 109 Å². The molecule has 0 saturated carbocycles. The molecule has 1 nitrogen and oxygen atoms in total. The molecular formula is C9H7Cl2F6N. The van der Waals surface area contributed by atoms with Crippen LogP contribution in [-0.4, -0.2) is 12.1 Å². The van der Waals surface area contributed by atoms with Crippen LogP contribution >= 0.6 is 24.0 Å². The molecule has 1 aromatic carbocycles. The summed E-state index contributed by atoms with van der Waals surface area (Å²) in [7, 11) is 0. The molecule has 0 amide bonds. The number of benzene rings is 1. The molecular weight excluding hydrogens is 307 g/mol. The molecule has 0 spiro atoms. The molecule has 0 radical (unpaired) electrons. The van der Waals surface area contributed by atoms with Gasteiger partial charge in [-0.1, -0.05) is 11.6 Å². The van der Waals surface area contributed by atoms with Gasteiger partial charge in [0, 0.05) is 5.02 Å². The summed E-state index contributed by atoms with van der Waals surface area (Å²) in [6.07, 6.45) is -5.81. The summed E-state index contributed by atoms with van der Waals surface area (Å²) in [5.74, 6) is -6.20. The van der Waals surface area contributed by atoms with Crippen molar-refractivity contribution in [1.82, 2.24) is 0 Å². The molecule has 0 heterocycles. The van der Waals surface area contributed by atoms with Crippen molar-refractivity contribution in [1.29, 1.82) is 0 Å². The third kappa shape index (κ3) is 3.43. The summed E-state index contributed by atoms with van der Waals surface area (Å²) < 4.78 is 74.6. The van der Waals surface area contributed by atoms with Gasteiger partial charge in [-0.2, -0.15) is 22.0 Å².